The lowest BCUT2D eigenvalue weighted by molar-refractivity contribution is -0.151. The molecular formula is C28H47N4O7P. The maximum Gasteiger partial charge on any atom is 0.406 e. The predicted molar refractivity (Wildman–Crippen MR) is 153 cm³/mol. The van der Waals surface area contributed by atoms with E-state index in [9.17, 15) is 18.9 Å². The first kappa shape index (κ1) is 33.9. The van der Waals surface area contributed by atoms with Crippen molar-refractivity contribution in [1.82, 2.24) is 14.9 Å². The van der Waals surface area contributed by atoms with Crippen molar-refractivity contribution in [2.45, 2.75) is 91.0 Å². The Morgan fingerprint density at radius 1 is 1.07 bits per heavy atom. The van der Waals surface area contributed by atoms with Gasteiger partial charge in [-0.3, -0.25) is 28.3 Å². The van der Waals surface area contributed by atoms with Crippen LogP contribution in [0, 0.1) is 0 Å². The Kier molecular flexibility index (Phi) is 13.7. The van der Waals surface area contributed by atoms with Crippen LogP contribution in [0.3, 0.4) is 0 Å². The van der Waals surface area contributed by atoms with Crippen LogP contribution < -0.4 is 10.8 Å². The number of nitrogens with one attached hydrogen (secondary N) is 1. The van der Waals surface area contributed by atoms with Crippen LogP contribution in [-0.2, 0) is 39.3 Å². The molecule has 12 heteroatoms. The molecule has 2 rings (SSSR count). The van der Waals surface area contributed by atoms with Crippen molar-refractivity contribution in [3.05, 3.63) is 35.9 Å². The van der Waals surface area contributed by atoms with E-state index in [4.69, 9.17) is 19.5 Å². The molecule has 3 N–H and O–H groups in total. The summed E-state index contributed by atoms with van der Waals surface area (Å²) in [4.78, 5) is 42.3. The van der Waals surface area contributed by atoms with E-state index < -0.39 is 43.7 Å². The second-order valence-electron chi connectivity index (χ2n) is 10.1. The molecule has 1 heterocycles. The Hall–Kier alpha value is -2.30. The van der Waals surface area contributed by atoms with E-state index >= 15 is 0 Å². The number of unbranched alkanes of at least 4 members (excludes halogenated alkanes) is 1. The first-order valence-electron chi connectivity index (χ1n) is 14.3. The molecule has 0 bridgehead atoms. The van der Waals surface area contributed by atoms with E-state index in [0.717, 1.165) is 18.4 Å². The van der Waals surface area contributed by atoms with Crippen molar-refractivity contribution in [2.75, 3.05) is 32.8 Å². The summed E-state index contributed by atoms with van der Waals surface area (Å²) in [6.45, 7) is 9.89. The van der Waals surface area contributed by atoms with E-state index in [1.807, 2.05) is 51.1 Å². The van der Waals surface area contributed by atoms with Crippen molar-refractivity contribution in [2.24, 2.45) is 5.73 Å². The summed E-state index contributed by atoms with van der Waals surface area (Å²) in [5, 5.41) is 2.59. The molecule has 0 saturated carbocycles. The molecule has 0 aliphatic carbocycles. The van der Waals surface area contributed by atoms with Crippen LogP contribution in [0.2, 0.25) is 0 Å². The molecule has 0 aromatic heterocycles. The molecule has 3 unspecified atom stereocenters. The molecule has 1 fully saturated rings. The summed E-state index contributed by atoms with van der Waals surface area (Å²) in [6, 6.07) is 8.84. The van der Waals surface area contributed by atoms with Crippen LogP contribution in [0.25, 0.3) is 0 Å². The number of nitrogens with zero attached hydrogens (tertiary/aromatic N) is 2. The van der Waals surface area contributed by atoms with Crippen molar-refractivity contribution in [3.63, 3.8) is 0 Å². The first-order valence-corrected chi connectivity index (χ1v) is 15.8. The normalized spacial score (nSPS) is 20.2. The van der Waals surface area contributed by atoms with Gasteiger partial charge in [0.1, 0.15) is 24.3 Å². The molecule has 1 aliphatic heterocycles. The molecule has 40 heavy (non-hydrogen) atoms. The Bertz CT molecular complexity index is 1010. The van der Waals surface area contributed by atoms with Crippen molar-refractivity contribution < 1.29 is 32.7 Å². The fourth-order valence-electron chi connectivity index (χ4n) is 4.79. The lowest BCUT2D eigenvalue weighted by Gasteiger charge is -2.49. The topological polar surface area (TPSA) is 140 Å². The zero-order valence-electron chi connectivity index (χ0n) is 24.6. The highest BCUT2D eigenvalue weighted by Gasteiger charge is 2.47. The number of hydrogen-bond acceptors (Lipinski definition) is 8. The zero-order valence-corrected chi connectivity index (χ0v) is 25.5. The second kappa shape index (κ2) is 16.2. The van der Waals surface area contributed by atoms with Gasteiger partial charge in [-0.2, -0.15) is 0 Å². The third kappa shape index (κ3) is 9.38. The molecular weight excluding hydrogens is 535 g/mol. The average Bonchev–Trinajstić information content (AvgIpc) is 2.94. The average molecular weight is 583 g/mol. The third-order valence-corrected chi connectivity index (χ3v) is 9.00. The fourth-order valence-corrected chi connectivity index (χ4v) is 6.21. The van der Waals surface area contributed by atoms with E-state index in [-0.39, 0.29) is 19.3 Å². The SMILES string of the molecule is CCCCC1(C(N)=O)CN(C(=O)COP(=O)(NC(C)C(=O)OC(CC)CC)OCC)CCN1Cc1ccccc1. The van der Waals surface area contributed by atoms with Gasteiger partial charge in [0.05, 0.1) is 6.61 Å². The van der Waals surface area contributed by atoms with Gasteiger partial charge in [-0.15, -0.1) is 0 Å². The number of rotatable bonds is 17. The molecule has 11 nitrogen and oxygen atoms in total. The Labute approximate surface area is 238 Å². The molecule has 0 spiro atoms. The third-order valence-electron chi connectivity index (χ3n) is 7.22. The molecule has 1 aromatic rings. The van der Waals surface area contributed by atoms with Gasteiger partial charge < -0.3 is 15.4 Å². The zero-order chi connectivity index (χ0) is 29.8. The highest BCUT2D eigenvalue weighted by atomic mass is 31.2. The molecule has 1 saturated heterocycles. The summed E-state index contributed by atoms with van der Waals surface area (Å²) in [5.41, 5.74) is 6.00. The summed E-state index contributed by atoms with van der Waals surface area (Å²) >= 11 is 0. The number of carbonyl (C=O) groups is 3. The highest BCUT2D eigenvalue weighted by molar-refractivity contribution is 7.51. The van der Waals surface area contributed by atoms with Gasteiger partial charge in [-0.1, -0.05) is 63.9 Å². The van der Waals surface area contributed by atoms with Crippen molar-refractivity contribution in [3.8, 4) is 0 Å². The molecule has 1 aromatic carbocycles. The van der Waals surface area contributed by atoms with Gasteiger partial charge in [0.15, 0.2) is 0 Å². The number of esters is 1. The number of nitrogens with two attached hydrogens (primary N) is 1. The number of carbonyl (C=O) groups excluding carboxylic acids is 3. The molecule has 0 radical (unpaired) electrons. The van der Waals surface area contributed by atoms with Crippen LogP contribution >= 0.6 is 7.75 Å². The maximum atomic E-state index is 13.4. The predicted octanol–water partition coefficient (Wildman–Crippen LogP) is 3.62. The van der Waals surface area contributed by atoms with Gasteiger partial charge in [0, 0.05) is 26.2 Å². The quantitative estimate of drug-likeness (QED) is 0.208. The number of benzene rings is 1. The van der Waals surface area contributed by atoms with Gasteiger partial charge >= 0.3 is 13.7 Å². The van der Waals surface area contributed by atoms with Crippen LogP contribution in [0.5, 0.6) is 0 Å². The number of hydrogen-bond donors (Lipinski definition) is 2. The van der Waals surface area contributed by atoms with E-state index in [1.165, 1.54) is 11.8 Å². The van der Waals surface area contributed by atoms with Crippen LogP contribution in [0.1, 0.15) is 72.3 Å². The lowest BCUT2D eigenvalue weighted by atomic mass is 9.86. The van der Waals surface area contributed by atoms with Gasteiger partial charge in [0.2, 0.25) is 11.8 Å². The molecule has 2 amide bonds. The van der Waals surface area contributed by atoms with Crippen LogP contribution in [0.4, 0.5) is 0 Å². The van der Waals surface area contributed by atoms with Crippen molar-refractivity contribution in [1.29, 1.82) is 0 Å². The molecule has 3 atom stereocenters. The fraction of sp³-hybridized carbons (Fsp3) is 0.679. The van der Waals surface area contributed by atoms with Crippen LogP contribution in [-0.4, -0.2) is 78.1 Å². The van der Waals surface area contributed by atoms with Crippen LogP contribution in [0.15, 0.2) is 30.3 Å². The van der Waals surface area contributed by atoms with Crippen molar-refractivity contribution >= 4 is 25.5 Å². The van der Waals surface area contributed by atoms with Gasteiger partial charge in [-0.05, 0) is 38.7 Å². The van der Waals surface area contributed by atoms with E-state index in [1.54, 1.807) is 6.92 Å². The van der Waals surface area contributed by atoms with E-state index in [0.29, 0.717) is 38.9 Å². The molecule has 1 aliphatic rings. The largest absolute Gasteiger partial charge is 0.461 e. The standard InChI is InChI=1S/C28H47N4O7P/c1-6-10-16-28(27(29)35)21-31(17-18-32(28)19-23-14-12-11-13-15-23)25(33)20-38-40(36,37-9-4)30-22(5)26(34)39-24(7-2)8-3/h11-15,22,24H,6-10,16-21H2,1-5H3,(H2,29,35)(H,30,36). The second-order valence-corrected chi connectivity index (χ2v) is 11.9. The van der Waals surface area contributed by atoms with E-state index in [2.05, 4.69) is 9.99 Å². The molecule has 226 valence electrons. The monoisotopic (exact) mass is 582 g/mol. The minimum atomic E-state index is -4.02. The van der Waals surface area contributed by atoms with Gasteiger partial charge in [-0.25, -0.2) is 9.65 Å². The number of primary amides is 1. The highest BCUT2D eigenvalue weighted by Crippen LogP contribution is 2.44. The summed E-state index contributed by atoms with van der Waals surface area (Å²) in [5.74, 6) is -1.52. The first-order chi connectivity index (χ1) is 19.0. The Balaban J connectivity index is 2.13. The summed E-state index contributed by atoms with van der Waals surface area (Å²) in [7, 11) is -4.02. The summed E-state index contributed by atoms with van der Waals surface area (Å²) < 4.78 is 29.6. The lowest BCUT2D eigenvalue weighted by Crippen LogP contribution is -2.68. The minimum Gasteiger partial charge on any atom is -0.461 e. The summed E-state index contributed by atoms with van der Waals surface area (Å²) in [6.07, 6.45) is 3.21. The smallest absolute Gasteiger partial charge is 0.406 e. The number of ether oxygens (including phenoxy) is 1. The minimum absolute atomic E-state index is 0.0345. The number of amides is 2. The Morgan fingerprint density at radius 3 is 2.33 bits per heavy atom. The van der Waals surface area contributed by atoms with Gasteiger partial charge in [0.25, 0.3) is 0 Å². The Morgan fingerprint density at radius 2 is 1.75 bits per heavy atom. The maximum absolute atomic E-state index is 13.4. The number of piperazine rings is 1.